The fourth-order valence-electron chi connectivity index (χ4n) is 2.13. The Balaban J connectivity index is 2.20. The van der Waals surface area contributed by atoms with Crippen molar-refractivity contribution in [3.8, 4) is 0 Å². The highest BCUT2D eigenvalue weighted by Gasteiger charge is 2.09. The van der Waals surface area contributed by atoms with Crippen molar-refractivity contribution < 1.29 is 10.0 Å². The number of nitrogens with two attached hydrogens (primary N) is 1. The SMILES string of the molecule is NCCNCCNCCNC(CO)Cc1ccc([N+](=O)[O-])cc1. The van der Waals surface area contributed by atoms with Gasteiger partial charge in [-0.2, -0.15) is 0 Å². The largest absolute Gasteiger partial charge is 0.395 e. The molecule has 0 saturated carbocycles. The van der Waals surface area contributed by atoms with Crippen molar-refractivity contribution in [1.29, 1.82) is 0 Å². The summed E-state index contributed by atoms with van der Waals surface area (Å²) in [7, 11) is 0. The van der Waals surface area contributed by atoms with E-state index in [0.29, 0.717) is 13.0 Å². The van der Waals surface area contributed by atoms with Crippen molar-refractivity contribution in [1.82, 2.24) is 16.0 Å². The first kappa shape index (κ1) is 19.5. The number of nitro groups is 1. The Hall–Kier alpha value is -1.58. The summed E-state index contributed by atoms with van der Waals surface area (Å²) in [4.78, 5) is 10.2. The summed E-state index contributed by atoms with van der Waals surface area (Å²) in [6.45, 7) is 4.78. The van der Waals surface area contributed by atoms with Gasteiger partial charge in [-0.3, -0.25) is 10.1 Å². The van der Waals surface area contributed by atoms with Gasteiger partial charge in [0, 0.05) is 57.4 Å². The minimum Gasteiger partial charge on any atom is -0.395 e. The van der Waals surface area contributed by atoms with E-state index in [-0.39, 0.29) is 18.3 Å². The van der Waals surface area contributed by atoms with Gasteiger partial charge in [0.05, 0.1) is 11.5 Å². The van der Waals surface area contributed by atoms with Crippen LogP contribution in [0.3, 0.4) is 0 Å². The molecule has 1 aromatic carbocycles. The Kier molecular flexibility index (Phi) is 10.1. The molecule has 0 fully saturated rings. The van der Waals surface area contributed by atoms with Crippen LogP contribution in [0.1, 0.15) is 5.56 Å². The van der Waals surface area contributed by atoms with Gasteiger partial charge in [0.1, 0.15) is 0 Å². The number of nitro benzene ring substituents is 1. The lowest BCUT2D eigenvalue weighted by molar-refractivity contribution is -0.384. The number of hydrogen-bond acceptors (Lipinski definition) is 7. The molecule has 0 saturated heterocycles. The predicted octanol–water partition coefficient (Wildman–Crippen LogP) is -0.774. The molecule has 23 heavy (non-hydrogen) atoms. The van der Waals surface area contributed by atoms with Crippen LogP contribution in [0.25, 0.3) is 0 Å². The second-order valence-corrected chi connectivity index (χ2v) is 5.25. The van der Waals surface area contributed by atoms with Gasteiger partial charge in [-0.1, -0.05) is 12.1 Å². The molecular formula is C15H27N5O3. The molecule has 1 unspecified atom stereocenters. The quantitative estimate of drug-likeness (QED) is 0.183. The van der Waals surface area contributed by atoms with Gasteiger partial charge in [0.2, 0.25) is 0 Å². The number of non-ortho nitro benzene ring substituents is 1. The minimum absolute atomic E-state index is 0.0229. The Bertz CT molecular complexity index is 441. The molecule has 1 atom stereocenters. The predicted molar refractivity (Wildman–Crippen MR) is 90.5 cm³/mol. The van der Waals surface area contributed by atoms with Crippen LogP contribution in [0.15, 0.2) is 24.3 Å². The average Bonchev–Trinajstić information content (AvgIpc) is 2.56. The van der Waals surface area contributed by atoms with E-state index >= 15 is 0 Å². The molecular weight excluding hydrogens is 298 g/mol. The van der Waals surface area contributed by atoms with Crippen molar-refractivity contribution in [3.05, 3.63) is 39.9 Å². The van der Waals surface area contributed by atoms with Crippen LogP contribution in [0.4, 0.5) is 5.69 Å². The van der Waals surface area contributed by atoms with Gasteiger partial charge in [-0.15, -0.1) is 0 Å². The van der Waals surface area contributed by atoms with E-state index in [1.54, 1.807) is 12.1 Å². The molecule has 0 spiro atoms. The summed E-state index contributed by atoms with van der Waals surface area (Å²) in [5.41, 5.74) is 6.41. The number of benzene rings is 1. The van der Waals surface area contributed by atoms with E-state index in [4.69, 9.17) is 5.73 Å². The lowest BCUT2D eigenvalue weighted by Gasteiger charge is -2.16. The standard InChI is InChI=1S/C15H27N5O3/c16-5-6-17-7-8-18-9-10-19-14(12-21)11-13-1-3-15(4-2-13)20(22)23/h1-4,14,17-19,21H,5-12,16H2. The summed E-state index contributed by atoms with van der Waals surface area (Å²) in [6, 6.07) is 6.36. The Morgan fingerprint density at radius 3 is 2.26 bits per heavy atom. The Morgan fingerprint density at radius 1 is 1.09 bits per heavy atom. The molecule has 0 aliphatic heterocycles. The van der Waals surface area contributed by atoms with Crippen molar-refractivity contribution >= 4 is 5.69 Å². The molecule has 0 amide bonds. The Labute approximate surface area is 136 Å². The van der Waals surface area contributed by atoms with E-state index in [2.05, 4.69) is 16.0 Å². The van der Waals surface area contributed by atoms with Crippen LogP contribution >= 0.6 is 0 Å². The highest BCUT2D eigenvalue weighted by atomic mass is 16.6. The Morgan fingerprint density at radius 2 is 1.70 bits per heavy atom. The number of hydrogen-bond donors (Lipinski definition) is 5. The van der Waals surface area contributed by atoms with Gasteiger partial charge in [0.15, 0.2) is 0 Å². The summed E-state index contributed by atoms with van der Waals surface area (Å²) >= 11 is 0. The van der Waals surface area contributed by atoms with Gasteiger partial charge in [-0.05, 0) is 12.0 Å². The molecule has 0 heterocycles. The molecule has 1 rings (SSSR count). The van der Waals surface area contributed by atoms with Crippen LogP contribution in [0.2, 0.25) is 0 Å². The van der Waals surface area contributed by atoms with E-state index in [0.717, 1.165) is 38.3 Å². The maximum absolute atomic E-state index is 10.6. The first-order chi connectivity index (χ1) is 11.2. The third-order valence-corrected chi connectivity index (χ3v) is 3.38. The van der Waals surface area contributed by atoms with Crippen molar-refractivity contribution in [2.24, 2.45) is 5.73 Å². The topological polar surface area (TPSA) is 125 Å². The molecule has 0 aromatic heterocycles. The fourth-order valence-corrected chi connectivity index (χ4v) is 2.13. The van der Waals surface area contributed by atoms with E-state index in [1.165, 1.54) is 12.1 Å². The summed E-state index contributed by atoms with van der Waals surface area (Å²) < 4.78 is 0. The highest BCUT2D eigenvalue weighted by molar-refractivity contribution is 5.33. The number of nitrogens with one attached hydrogen (secondary N) is 3. The first-order valence-electron chi connectivity index (χ1n) is 7.86. The normalized spacial score (nSPS) is 12.3. The maximum atomic E-state index is 10.6. The molecule has 6 N–H and O–H groups in total. The van der Waals surface area contributed by atoms with Crippen LogP contribution in [0, 0.1) is 10.1 Å². The van der Waals surface area contributed by atoms with Crippen molar-refractivity contribution in [2.45, 2.75) is 12.5 Å². The van der Waals surface area contributed by atoms with Gasteiger partial charge in [0.25, 0.3) is 5.69 Å². The summed E-state index contributed by atoms with van der Waals surface area (Å²) in [6.07, 6.45) is 0.631. The van der Waals surface area contributed by atoms with Crippen LogP contribution < -0.4 is 21.7 Å². The molecule has 0 aliphatic rings. The highest BCUT2D eigenvalue weighted by Crippen LogP contribution is 2.13. The number of rotatable bonds is 13. The van der Waals surface area contributed by atoms with Crippen LogP contribution in [-0.2, 0) is 6.42 Å². The average molecular weight is 325 g/mol. The number of nitrogens with zero attached hydrogens (tertiary/aromatic N) is 1. The first-order valence-corrected chi connectivity index (χ1v) is 7.86. The van der Waals surface area contributed by atoms with Gasteiger partial charge < -0.3 is 26.8 Å². The zero-order chi connectivity index (χ0) is 16.9. The second kappa shape index (κ2) is 11.9. The number of aliphatic hydroxyl groups is 1. The molecule has 0 aliphatic carbocycles. The lowest BCUT2D eigenvalue weighted by atomic mass is 10.1. The van der Waals surface area contributed by atoms with E-state index < -0.39 is 4.92 Å². The third-order valence-electron chi connectivity index (χ3n) is 3.38. The third kappa shape index (κ3) is 8.58. The second-order valence-electron chi connectivity index (χ2n) is 5.25. The monoisotopic (exact) mass is 325 g/mol. The molecule has 130 valence electrons. The van der Waals surface area contributed by atoms with Crippen molar-refractivity contribution in [3.63, 3.8) is 0 Å². The van der Waals surface area contributed by atoms with Crippen LogP contribution in [-0.4, -0.2) is 61.9 Å². The zero-order valence-corrected chi connectivity index (χ0v) is 13.3. The minimum atomic E-state index is -0.417. The zero-order valence-electron chi connectivity index (χ0n) is 13.3. The summed E-state index contributed by atoms with van der Waals surface area (Å²) in [5, 5.41) is 29.8. The molecule has 0 bridgehead atoms. The summed E-state index contributed by atoms with van der Waals surface area (Å²) in [5.74, 6) is 0. The molecule has 0 radical (unpaired) electrons. The van der Waals surface area contributed by atoms with E-state index in [9.17, 15) is 15.2 Å². The maximum Gasteiger partial charge on any atom is 0.269 e. The fraction of sp³-hybridized carbons (Fsp3) is 0.600. The van der Waals surface area contributed by atoms with Crippen LogP contribution in [0.5, 0.6) is 0 Å². The van der Waals surface area contributed by atoms with E-state index in [1.807, 2.05) is 0 Å². The lowest BCUT2D eigenvalue weighted by Crippen LogP contribution is -2.40. The molecule has 8 nitrogen and oxygen atoms in total. The molecule has 8 heteroatoms. The molecule has 1 aromatic rings. The van der Waals surface area contributed by atoms with Gasteiger partial charge in [-0.25, -0.2) is 0 Å². The van der Waals surface area contributed by atoms with Gasteiger partial charge >= 0.3 is 0 Å². The van der Waals surface area contributed by atoms with Crippen molar-refractivity contribution in [2.75, 3.05) is 45.9 Å². The number of aliphatic hydroxyl groups excluding tert-OH is 1. The smallest absolute Gasteiger partial charge is 0.269 e.